The van der Waals surface area contributed by atoms with Gasteiger partial charge in [-0.15, -0.1) is 11.3 Å². The molecular weight excluding hydrogens is 458 g/mol. The molecule has 0 bridgehead atoms. The molecule has 0 aliphatic rings. The van der Waals surface area contributed by atoms with Crippen molar-refractivity contribution in [2.24, 2.45) is 0 Å². The van der Waals surface area contributed by atoms with Crippen LogP contribution in [0.2, 0.25) is 0 Å². The largest absolute Gasteiger partial charge is 0.371 e. The Morgan fingerprint density at radius 2 is 1.91 bits per heavy atom. The summed E-state index contributed by atoms with van der Waals surface area (Å²) in [5, 5.41) is 5.65. The van der Waals surface area contributed by atoms with Gasteiger partial charge in [-0.1, -0.05) is 36.4 Å². The van der Waals surface area contributed by atoms with Gasteiger partial charge < -0.3 is 11.1 Å². The number of nitrogen functional groups attached to an aromatic ring is 1. The molecule has 35 heavy (non-hydrogen) atoms. The zero-order valence-electron chi connectivity index (χ0n) is 19.1. The molecule has 0 fully saturated rings. The number of para-hydroxylation sites is 1. The molecule has 5 rings (SSSR count). The minimum absolute atomic E-state index is 0.0653. The van der Waals surface area contributed by atoms with Crippen LogP contribution in [-0.2, 0) is 0 Å². The van der Waals surface area contributed by atoms with Crippen molar-refractivity contribution in [1.82, 2.24) is 19.5 Å². The molecule has 5 aromatic rings. The number of nitrogens with one attached hydrogen (secondary N) is 1. The molecule has 0 aliphatic carbocycles. The lowest BCUT2D eigenvalue weighted by Gasteiger charge is -2.22. The van der Waals surface area contributed by atoms with Crippen molar-refractivity contribution >= 4 is 39.6 Å². The summed E-state index contributed by atoms with van der Waals surface area (Å²) in [6, 6.07) is 17.0. The molecule has 0 unspecified atom stereocenters. The first-order valence-corrected chi connectivity index (χ1v) is 11.7. The molecule has 0 spiro atoms. The number of benzene rings is 2. The van der Waals surface area contributed by atoms with Gasteiger partial charge in [-0.2, -0.15) is 0 Å². The van der Waals surface area contributed by atoms with Crippen LogP contribution in [0.15, 0.2) is 71.8 Å². The fourth-order valence-electron chi connectivity index (χ4n) is 4.09. The molecule has 9 heteroatoms. The molecule has 3 N–H and O–H groups in total. The number of pyridine rings is 1. The third-order valence-electron chi connectivity index (χ3n) is 5.68. The molecule has 2 aromatic carbocycles. The van der Waals surface area contributed by atoms with Crippen LogP contribution in [0.25, 0.3) is 31.7 Å². The van der Waals surface area contributed by atoms with E-state index >= 15 is 0 Å². The van der Waals surface area contributed by atoms with E-state index in [4.69, 9.17) is 12.3 Å². The lowest BCUT2D eigenvalue weighted by molar-refractivity contribution is 0.774. The molecular formula is C26H21N7OS. The van der Waals surface area contributed by atoms with Gasteiger partial charge in [0.1, 0.15) is 5.82 Å². The van der Waals surface area contributed by atoms with Crippen molar-refractivity contribution in [3.63, 3.8) is 0 Å². The minimum atomic E-state index is -0.378. The van der Waals surface area contributed by atoms with Crippen LogP contribution in [0.4, 0.5) is 17.5 Å². The number of anilines is 2. The number of nitrogens with two attached hydrogens (primary N) is 1. The third-order valence-corrected chi connectivity index (χ3v) is 6.63. The van der Waals surface area contributed by atoms with E-state index in [0.29, 0.717) is 11.2 Å². The second-order valence-electron chi connectivity index (χ2n) is 8.00. The van der Waals surface area contributed by atoms with Crippen molar-refractivity contribution < 1.29 is 0 Å². The van der Waals surface area contributed by atoms with Gasteiger partial charge in [-0.25, -0.2) is 19.8 Å². The Bertz CT molecular complexity index is 1650. The summed E-state index contributed by atoms with van der Waals surface area (Å²) in [5.74, 6) is 0.386. The van der Waals surface area contributed by atoms with Crippen LogP contribution < -0.4 is 16.6 Å². The summed E-state index contributed by atoms with van der Waals surface area (Å²) in [5.41, 5.74) is 8.20. The first kappa shape index (κ1) is 22.3. The number of thiazole rings is 1. The maximum atomic E-state index is 14.1. The van der Waals surface area contributed by atoms with E-state index in [1.807, 2.05) is 74.6 Å². The highest BCUT2D eigenvalue weighted by atomic mass is 32.1. The van der Waals surface area contributed by atoms with Gasteiger partial charge in [0.2, 0.25) is 11.6 Å². The van der Waals surface area contributed by atoms with Crippen molar-refractivity contribution in [3.05, 3.63) is 99.5 Å². The van der Waals surface area contributed by atoms with Crippen LogP contribution in [0, 0.1) is 13.5 Å². The van der Waals surface area contributed by atoms with Gasteiger partial charge in [-0.3, -0.25) is 9.36 Å². The topological polar surface area (TPSA) is 103 Å². The van der Waals surface area contributed by atoms with Crippen molar-refractivity contribution in [3.8, 4) is 16.1 Å². The molecule has 0 amide bonds. The highest BCUT2D eigenvalue weighted by Crippen LogP contribution is 2.33. The summed E-state index contributed by atoms with van der Waals surface area (Å²) < 4.78 is 1.71. The quantitative estimate of drug-likeness (QED) is 0.322. The van der Waals surface area contributed by atoms with Crippen LogP contribution in [0.3, 0.4) is 0 Å². The summed E-state index contributed by atoms with van der Waals surface area (Å²) >= 11 is 1.56. The maximum Gasteiger partial charge on any atom is 0.263 e. The molecule has 0 aliphatic heterocycles. The monoisotopic (exact) mass is 479 g/mol. The van der Waals surface area contributed by atoms with Crippen molar-refractivity contribution in [2.45, 2.75) is 19.9 Å². The molecule has 172 valence electrons. The standard InChI is InChI=1S/C26H21N7OS/c1-15(31-24-20(28-3)13-30-26(27)32-24)21-12-17-8-7-11-19(22-14-29-16(2)35-22)23(17)25(34)33(21)18-9-5-4-6-10-18/h4-15H,1-2H3,(H3,27,30,31,32)/t15-/m0/s1. The van der Waals surface area contributed by atoms with E-state index in [-0.39, 0.29) is 23.2 Å². The predicted molar refractivity (Wildman–Crippen MR) is 140 cm³/mol. The SMILES string of the molecule is [C-]#[N+]c1cnc(N)nc1N[C@@H](C)c1cc2cccc(-c3cnc(C)s3)c2c(=O)n1-c1ccccc1. The number of fused-ring (bicyclic) bond motifs is 1. The van der Waals surface area contributed by atoms with Gasteiger partial charge in [0.15, 0.2) is 0 Å². The normalized spacial score (nSPS) is 11.8. The van der Waals surface area contributed by atoms with Crippen molar-refractivity contribution in [1.29, 1.82) is 0 Å². The zero-order chi connectivity index (χ0) is 24.5. The van der Waals surface area contributed by atoms with E-state index in [1.54, 1.807) is 15.9 Å². The van der Waals surface area contributed by atoms with Gasteiger partial charge in [-0.05, 0) is 37.4 Å². The molecule has 0 radical (unpaired) electrons. The van der Waals surface area contributed by atoms with Crippen molar-refractivity contribution in [2.75, 3.05) is 11.1 Å². The van der Waals surface area contributed by atoms with Crippen LogP contribution in [0.1, 0.15) is 23.7 Å². The van der Waals surface area contributed by atoms with E-state index in [9.17, 15) is 4.79 Å². The summed E-state index contributed by atoms with van der Waals surface area (Å²) in [4.78, 5) is 31.0. The minimum Gasteiger partial charge on any atom is -0.371 e. The maximum absolute atomic E-state index is 14.1. The van der Waals surface area contributed by atoms with E-state index in [1.165, 1.54) is 6.20 Å². The molecule has 0 saturated carbocycles. The molecule has 8 nitrogen and oxygen atoms in total. The third kappa shape index (κ3) is 4.11. The Hall–Kier alpha value is -4.55. The Morgan fingerprint density at radius 3 is 2.63 bits per heavy atom. The smallest absolute Gasteiger partial charge is 0.263 e. The van der Waals surface area contributed by atoms with Crippen LogP contribution in [-0.4, -0.2) is 19.5 Å². The predicted octanol–water partition coefficient (Wildman–Crippen LogP) is 5.52. The Kier molecular flexibility index (Phi) is 5.73. The fraction of sp³-hybridized carbons (Fsp3) is 0.115. The second-order valence-corrected chi connectivity index (χ2v) is 9.23. The molecule has 1 atom stereocenters. The Labute approximate surface area is 205 Å². The summed E-state index contributed by atoms with van der Waals surface area (Å²) in [7, 11) is 0. The van der Waals surface area contributed by atoms with Gasteiger partial charge >= 0.3 is 0 Å². The van der Waals surface area contributed by atoms with Gasteiger partial charge in [0, 0.05) is 29.3 Å². The Balaban J connectivity index is 1.74. The fourth-order valence-corrected chi connectivity index (χ4v) is 4.90. The molecule has 3 aromatic heterocycles. The summed E-state index contributed by atoms with van der Waals surface area (Å²) in [6.45, 7) is 11.3. The van der Waals surface area contributed by atoms with E-state index < -0.39 is 0 Å². The van der Waals surface area contributed by atoms with Crippen LogP contribution in [0.5, 0.6) is 0 Å². The zero-order valence-corrected chi connectivity index (χ0v) is 19.9. The number of rotatable bonds is 5. The highest BCUT2D eigenvalue weighted by molar-refractivity contribution is 7.15. The number of aryl methyl sites for hydroxylation is 1. The van der Waals surface area contributed by atoms with Gasteiger partial charge in [0.25, 0.3) is 5.56 Å². The number of hydrogen-bond donors (Lipinski definition) is 2. The van der Waals surface area contributed by atoms with E-state index in [0.717, 1.165) is 32.2 Å². The van der Waals surface area contributed by atoms with Crippen LogP contribution >= 0.6 is 11.3 Å². The first-order valence-electron chi connectivity index (χ1n) is 10.9. The molecule has 3 heterocycles. The number of hydrogen-bond acceptors (Lipinski definition) is 7. The average molecular weight is 480 g/mol. The average Bonchev–Trinajstić information content (AvgIpc) is 3.30. The highest BCUT2D eigenvalue weighted by Gasteiger charge is 2.20. The second kappa shape index (κ2) is 9.00. The van der Waals surface area contributed by atoms with Gasteiger partial charge in [0.05, 0.1) is 27.9 Å². The number of aromatic nitrogens is 4. The summed E-state index contributed by atoms with van der Waals surface area (Å²) in [6.07, 6.45) is 3.20. The Morgan fingerprint density at radius 1 is 1.11 bits per heavy atom. The number of nitrogens with zero attached hydrogens (tertiary/aromatic N) is 5. The molecule has 0 saturated heterocycles. The first-order chi connectivity index (χ1) is 17.0. The van der Waals surface area contributed by atoms with E-state index in [2.05, 4.69) is 25.1 Å². The lowest BCUT2D eigenvalue weighted by Crippen LogP contribution is -2.26. The lowest BCUT2D eigenvalue weighted by atomic mass is 10.0.